The fourth-order valence-electron chi connectivity index (χ4n) is 3.93. The summed E-state index contributed by atoms with van der Waals surface area (Å²) >= 11 is 0. The second-order valence-corrected chi connectivity index (χ2v) is 7.00. The van der Waals surface area contributed by atoms with Gasteiger partial charge in [-0.25, -0.2) is 4.98 Å². The number of piperidine rings is 1. The van der Waals surface area contributed by atoms with Crippen molar-refractivity contribution in [3.8, 4) is 0 Å². The molecule has 1 aromatic rings. The van der Waals surface area contributed by atoms with Crippen molar-refractivity contribution in [1.82, 2.24) is 24.7 Å². The van der Waals surface area contributed by atoms with Crippen molar-refractivity contribution in [3.05, 3.63) is 24.3 Å². The summed E-state index contributed by atoms with van der Waals surface area (Å²) in [6.07, 6.45) is 9.45. The number of aromatic nitrogens is 2. The predicted molar refractivity (Wildman–Crippen MR) is 89.3 cm³/mol. The second-order valence-electron chi connectivity index (χ2n) is 7.00. The first-order chi connectivity index (χ1) is 11.1. The molecule has 2 aliphatic rings. The Morgan fingerprint density at radius 2 is 2.00 bits per heavy atom. The molecule has 1 amide bonds. The molecule has 6 nitrogen and oxygen atoms in total. The Kier molecular flexibility index (Phi) is 4.92. The molecule has 0 radical (unpaired) electrons. The van der Waals surface area contributed by atoms with E-state index in [9.17, 15) is 4.79 Å². The largest absolute Gasteiger partial charge is 0.337 e. The molecule has 1 spiro atoms. The number of hydrogen-bond donors (Lipinski definition) is 0. The van der Waals surface area contributed by atoms with Crippen LogP contribution in [0, 0.1) is 0 Å². The van der Waals surface area contributed by atoms with Crippen LogP contribution in [0.2, 0.25) is 0 Å². The Hall–Kier alpha value is -1.53. The molecule has 126 valence electrons. The molecule has 2 fully saturated rings. The summed E-state index contributed by atoms with van der Waals surface area (Å²) in [6, 6.07) is 0. The van der Waals surface area contributed by atoms with Gasteiger partial charge < -0.3 is 9.80 Å². The van der Waals surface area contributed by atoms with Crippen LogP contribution in [-0.2, 0) is 0 Å². The summed E-state index contributed by atoms with van der Waals surface area (Å²) in [7, 11) is 4.26. The highest BCUT2D eigenvalue weighted by atomic mass is 16.2. The van der Waals surface area contributed by atoms with E-state index in [4.69, 9.17) is 0 Å². The van der Waals surface area contributed by atoms with Gasteiger partial charge in [0.05, 0.1) is 6.20 Å². The van der Waals surface area contributed by atoms with Crippen molar-refractivity contribution < 1.29 is 4.79 Å². The fraction of sp³-hybridized carbons (Fsp3) is 0.706. The first-order valence-corrected chi connectivity index (χ1v) is 8.56. The quantitative estimate of drug-likeness (QED) is 0.833. The summed E-state index contributed by atoms with van der Waals surface area (Å²) in [5, 5.41) is 0. The lowest BCUT2D eigenvalue weighted by molar-refractivity contribution is 0.0389. The third-order valence-corrected chi connectivity index (χ3v) is 5.32. The van der Waals surface area contributed by atoms with Gasteiger partial charge in [0.15, 0.2) is 0 Å². The molecule has 0 aliphatic carbocycles. The number of likely N-dealkylation sites (N-methyl/N-ethyl adjacent to an activating group) is 1. The lowest BCUT2D eigenvalue weighted by atomic mass is 9.85. The zero-order valence-electron chi connectivity index (χ0n) is 14.2. The Bertz CT molecular complexity index is 525. The number of carbonyl (C=O) groups is 1. The minimum Gasteiger partial charge on any atom is -0.337 e. The van der Waals surface area contributed by atoms with Crippen molar-refractivity contribution in [1.29, 1.82) is 0 Å². The highest BCUT2D eigenvalue weighted by molar-refractivity contribution is 5.92. The van der Waals surface area contributed by atoms with Crippen LogP contribution in [0.5, 0.6) is 0 Å². The zero-order valence-corrected chi connectivity index (χ0v) is 14.2. The van der Waals surface area contributed by atoms with Gasteiger partial charge in [0.25, 0.3) is 5.91 Å². The first-order valence-electron chi connectivity index (χ1n) is 8.56. The summed E-state index contributed by atoms with van der Waals surface area (Å²) in [4.78, 5) is 27.5. The van der Waals surface area contributed by atoms with E-state index < -0.39 is 0 Å². The predicted octanol–water partition coefficient (Wildman–Crippen LogP) is 1.11. The molecule has 0 aromatic carbocycles. The van der Waals surface area contributed by atoms with Gasteiger partial charge in [-0.3, -0.25) is 14.7 Å². The molecule has 6 heteroatoms. The van der Waals surface area contributed by atoms with Gasteiger partial charge in [-0.1, -0.05) is 0 Å². The maximum Gasteiger partial charge on any atom is 0.274 e. The molecule has 0 bridgehead atoms. The highest BCUT2D eigenvalue weighted by Gasteiger charge is 2.43. The van der Waals surface area contributed by atoms with Crippen LogP contribution in [0.25, 0.3) is 0 Å². The number of carbonyl (C=O) groups excluding carboxylic acids is 1. The van der Waals surface area contributed by atoms with Crippen LogP contribution in [0.3, 0.4) is 0 Å². The number of hydrogen-bond acceptors (Lipinski definition) is 5. The molecule has 2 saturated heterocycles. The number of rotatable bonds is 4. The highest BCUT2D eigenvalue weighted by Crippen LogP contribution is 2.38. The van der Waals surface area contributed by atoms with Crippen molar-refractivity contribution in [2.75, 3.05) is 46.8 Å². The topological polar surface area (TPSA) is 52.6 Å². The molecule has 1 aromatic heterocycles. The van der Waals surface area contributed by atoms with E-state index in [1.165, 1.54) is 19.4 Å². The van der Waals surface area contributed by atoms with E-state index in [0.717, 1.165) is 39.0 Å². The monoisotopic (exact) mass is 317 g/mol. The summed E-state index contributed by atoms with van der Waals surface area (Å²) in [5.74, 6) is 0.0192. The molecule has 0 unspecified atom stereocenters. The average molecular weight is 317 g/mol. The molecular formula is C17H27N5O. The normalized spacial score (nSPS) is 21.3. The minimum atomic E-state index is 0.0192. The average Bonchev–Trinajstić information content (AvgIpc) is 2.96. The summed E-state index contributed by atoms with van der Waals surface area (Å²) in [5.41, 5.74) is 0.772. The Morgan fingerprint density at radius 1 is 1.22 bits per heavy atom. The van der Waals surface area contributed by atoms with E-state index in [2.05, 4.69) is 33.9 Å². The van der Waals surface area contributed by atoms with Crippen LogP contribution in [0.15, 0.2) is 18.6 Å². The van der Waals surface area contributed by atoms with Crippen LogP contribution in [0.1, 0.15) is 36.2 Å². The lowest BCUT2D eigenvalue weighted by Gasteiger charge is -2.45. The maximum absolute atomic E-state index is 12.5. The van der Waals surface area contributed by atoms with Gasteiger partial charge in [-0.15, -0.1) is 0 Å². The molecule has 3 heterocycles. The van der Waals surface area contributed by atoms with Gasteiger partial charge >= 0.3 is 0 Å². The third-order valence-electron chi connectivity index (χ3n) is 5.32. The van der Waals surface area contributed by atoms with Gasteiger partial charge in [0.2, 0.25) is 0 Å². The van der Waals surface area contributed by atoms with E-state index in [1.54, 1.807) is 18.6 Å². The van der Waals surface area contributed by atoms with Gasteiger partial charge in [-0.2, -0.15) is 0 Å². The molecular weight excluding hydrogens is 290 g/mol. The van der Waals surface area contributed by atoms with Crippen molar-refractivity contribution in [2.45, 2.75) is 31.2 Å². The number of amides is 1. The van der Waals surface area contributed by atoms with Crippen molar-refractivity contribution in [2.24, 2.45) is 0 Å². The van der Waals surface area contributed by atoms with Gasteiger partial charge in [0.1, 0.15) is 5.69 Å². The van der Waals surface area contributed by atoms with Crippen molar-refractivity contribution in [3.63, 3.8) is 0 Å². The van der Waals surface area contributed by atoms with E-state index in [1.807, 2.05) is 4.90 Å². The molecule has 0 saturated carbocycles. The number of likely N-dealkylation sites (tertiary alicyclic amines) is 2. The molecule has 0 N–H and O–H groups in total. The maximum atomic E-state index is 12.5. The number of nitrogens with zero attached hydrogens (tertiary/aromatic N) is 5. The molecule has 0 atom stereocenters. The Labute approximate surface area is 138 Å². The van der Waals surface area contributed by atoms with E-state index >= 15 is 0 Å². The zero-order chi connectivity index (χ0) is 16.3. The molecule has 23 heavy (non-hydrogen) atoms. The molecule has 2 aliphatic heterocycles. The minimum absolute atomic E-state index is 0.0192. The van der Waals surface area contributed by atoms with E-state index in [-0.39, 0.29) is 5.91 Å². The van der Waals surface area contributed by atoms with Gasteiger partial charge in [-0.05, 0) is 46.3 Å². The van der Waals surface area contributed by atoms with E-state index in [0.29, 0.717) is 11.2 Å². The lowest BCUT2D eigenvalue weighted by Crippen LogP contribution is -2.54. The third kappa shape index (κ3) is 3.53. The summed E-state index contributed by atoms with van der Waals surface area (Å²) in [6.45, 7) is 5.09. The fourth-order valence-corrected chi connectivity index (χ4v) is 3.93. The first kappa shape index (κ1) is 16.3. The van der Waals surface area contributed by atoms with Crippen LogP contribution in [0.4, 0.5) is 0 Å². The Balaban J connectivity index is 1.60. The second kappa shape index (κ2) is 6.93. The standard InChI is InChI=1S/C17H27N5O/c1-20(2)12-13-22-9-3-4-17(22)5-10-21(11-6-17)16(23)15-14-18-7-8-19-15/h7-8,14H,3-6,9-13H2,1-2H3. The summed E-state index contributed by atoms with van der Waals surface area (Å²) < 4.78 is 0. The van der Waals surface area contributed by atoms with Crippen LogP contribution in [-0.4, -0.2) is 82.9 Å². The smallest absolute Gasteiger partial charge is 0.274 e. The van der Waals surface area contributed by atoms with Gasteiger partial charge in [0, 0.05) is 44.1 Å². The SMILES string of the molecule is CN(C)CCN1CCCC12CCN(C(=O)c1cnccn1)CC2. The molecule has 3 rings (SSSR count). The van der Waals surface area contributed by atoms with Crippen LogP contribution < -0.4 is 0 Å². The Morgan fingerprint density at radius 3 is 2.65 bits per heavy atom. The van der Waals surface area contributed by atoms with Crippen molar-refractivity contribution >= 4 is 5.91 Å². The van der Waals surface area contributed by atoms with Crippen LogP contribution >= 0.6 is 0 Å².